The van der Waals surface area contributed by atoms with Crippen LogP contribution in [0.2, 0.25) is 0 Å². The van der Waals surface area contributed by atoms with E-state index in [1.54, 1.807) is 6.07 Å². The largest absolute Gasteiger partial charge is 0.476 e. The zero-order chi connectivity index (χ0) is 15.5. The molecular weight excluding hydrogens is 307 g/mol. The van der Waals surface area contributed by atoms with Crippen LogP contribution in [-0.4, -0.2) is 31.8 Å². The van der Waals surface area contributed by atoms with E-state index in [0.717, 1.165) is 12.1 Å². The van der Waals surface area contributed by atoms with E-state index in [2.05, 4.69) is 10.3 Å². The van der Waals surface area contributed by atoms with Crippen LogP contribution in [0.25, 0.3) is 0 Å². The molecule has 5 nitrogen and oxygen atoms in total. The fraction of sp³-hybridized carbons (Fsp3) is 0.250. The van der Waals surface area contributed by atoms with Crippen molar-refractivity contribution < 1.29 is 23.1 Å². The average molecular weight is 317 g/mol. The molecule has 0 amide bonds. The number of carboxylic acids is 1. The molecule has 1 aromatic heterocycles. The Morgan fingerprint density at radius 1 is 1.38 bits per heavy atom. The van der Waals surface area contributed by atoms with Gasteiger partial charge in [-0.2, -0.15) is 13.2 Å². The molecule has 0 saturated heterocycles. The predicted molar refractivity (Wildman–Crippen MR) is 69.1 cm³/mol. The molecule has 0 radical (unpaired) electrons. The third-order valence-corrected chi connectivity index (χ3v) is 3.48. The van der Waals surface area contributed by atoms with Gasteiger partial charge in [-0.3, -0.25) is 4.68 Å². The second-order valence-corrected chi connectivity index (χ2v) is 5.21. The third-order valence-electron chi connectivity index (χ3n) is 2.51. The third kappa shape index (κ3) is 4.22. The first-order chi connectivity index (χ1) is 9.86. The summed E-state index contributed by atoms with van der Waals surface area (Å²) in [6, 6.07) is 5.03. The molecule has 0 bridgehead atoms. The second kappa shape index (κ2) is 6.17. The Kier molecular flexibility index (Phi) is 4.51. The summed E-state index contributed by atoms with van der Waals surface area (Å²) in [4.78, 5) is 11.1. The number of thioether (sulfide) groups is 1. The average Bonchev–Trinajstić information content (AvgIpc) is 2.87. The summed E-state index contributed by atoms with van der Waals surface area (Å²) in [6.07, 6.45) is -3.09. The lowest BCUT2D eigenvalue weighted by molar-refractivity contribution is -0.137. The molecule has 1 aromatic carbocycles. The topological polar surface area (TPSA) is 68.0 Å². The minimum atomic E-state index is -4.36. The van der Waals surface area contributed by atoms with Crippen LogP contribution in [0.4, 0.5) is 13.2 Å². The van der Waals surface area contributed by atoms with Gasteiger partial charge in [0.25, 0.3) is 0 Å². The minimum Gasteiger partial charge on any atom is -0.476 e. The first-order valence-corrected chi connectivity index (χ1v) is 6.78. The van der Waals surface area contributed by atoms with Gasteiger partial charge < -0.3 is 5.11 Å². The molecule has 2 rings (SSSR count). The molecular formula is C12H10F3N3O2S. The van der Waals surface area contributed by atoms with E-state index >= 15 is 0 Å². The van der Waals surface area contributed by atoms with Crippen molar-refractivity contribution in [2.24, 2.45) is 0 Å². The van der Waals surface area contributed by atoms with Crippen LogP contribution in [0, 0.1) is 0 Å². The Hall–Kier alpha value is -2.03. The van der Waals surface area contributed by atoms with Crippen molar-refractivity contribution in [3.05, 3.63) is 41.7 Å². The van der Waals surface area contributed by atoms with Gasteiger partial charge in [-0.1, -0.05) is 11.3 Å². The summed E-state index contributed by atoms with van der Waals surface area (Å²) < 4.78 is 39.0. The summed E-state index contributed by atoms with van der Waals surface area (Å²) in [5, 5.41) is 15.7. The van der Waals surface area contributed by atoms with Crippen LogP contribution >= 0.6 is 11.8 Å². The van der Waals surface area contributed by atoms with Crippen molar-refractivity contribution in [2.45, 2.75) is 17.6 Å². The fourth-order valence-corrected chi connectivity index (χ4v) is 2.42. The van der Waals surface area contributed by atoms with Gasteiger partial charge >= 0.3 is 12.1 Å². The van der Waals surface area contributed by atoms with Gasteiger partial charge in [0.2, 0.25) is 0 Å². The van der Waals surface area contributed by atoms with Crippen LogP contribution < -0.4 is 0 Å². The Morgan fingerprint density at radius 3 is 2.76 bits per heavy atom. The van der Waals surface area contributed by atoms with Crippen molar-refractivity contribution in [2.75, 3.05) is 5.75 Å². The van der Waals surface area contributed by atoms with Gasteiger partial charge in [0.15, 0.2) is 5.69 Å². The zero-order valence-corrected chi connectivity index (χ0v) is 11.4. The van der Waals surface area contributed by atoms with Crippen molar-refractivity contribution in [1.82, 2.24) is 15.0 Å². The zero-order valence-electron chi connectivity index (χ0n) is 10.5. The van der Waals surface area contributed by atoms with Gasteiger partial charge in [0, 0.05) is 10.6 Å². The van der Waals surface area contributed by atoms with E-state index in [1.807, 2.05) is 0 Å². The number of hydrogen-bond acceptors (Lipinski definition) is 4. The Labute approximate surface area is 121 Å². The summed E-state index contributed by atoms with van der Waals surface area (Å²) >= 11 is 1.23. The highest BCUT2D eigenvalue weighted by Crippen LogP contribution is 2.31. The van der Waals surface area contributed by atoms with Crippen LogP contribution in [0.1, 0.15) is 16.1 Å². The number of hydrogen-bond donors (Lipinski definition) is 1. The number of carbonyl (C=O) groups is 1. The van der Waals surface area contributed by atoms with E-state index < -0.39 is 17.7 Å². The van der Waals surface area contributed by atoms with Gasteiger partial charge in [-0.05, 0) is 18.2 Å². The normalized spacial score (nSPS) is 11.6. The van der Waals surface area contributed by atoms with Crippen LogP contribution in [0.15, 0.2) is 35.4 Å². The lowest BCUT2D eigenvalue weighted by Gasteiger charge is -2.08. The van der Waals surface area contributed by atoms with E-state index in [0.29, 0.717) is 17.2 Å². The molecule has 0 spiro atoms. The number of halogens is 3. The van der Waals surface area contributed by atoms with Gasteiger partial charge in [-0.25, -0.2) is 4.79 Å². The highest BCUT2D eigenvalue weighted by molar-refractivity contribution is 7.99. The molecule has 0 unspecified atom stereocenters. The molecule has 112 valence electrons. The molecule has 2 aromatic rings. The molecule has 1 heterocycles. The molecule has 0 aliphatic heterocycles. The Bertz CT molecular complexity index is 643. The van der Waals surface area contributed by atoms with Crippen molar-refractivity contribution >= 4 is 17.7 Å². The second-order valence-electron chi connectivity index (χ2n) is 4.05. The van der Waals surface area contributed by atoms with Gasteiger partial charge in [-0.15, -0.1) is 16.9 Å². The molecule has 0 saturated carbocycles. The number of nitrogens with zero attached hydrogens (tertiary/aromatic N) is 3. The molecule has 1 N–H and O–H groups in total. The van der Waals surface area contributed by atoms with Crippen molar-refractivity contribution in [1.29, 1.82) is 0 Å². The molecule has 0 fully saturated rings. The predicted octanol–water partition coefficient (Wildman–Crippen LogP) is 2.79. The SMILES string of the molecule is O=C(O)c1cn(CCSc2cccc(C(F)(F)F)c2)nn1. The van der Waals surface area contributed by atoms with Crippen LogP contribution in [0.3, 0.4) is 0 Å². The van der Waals surface area contributed by atoms with Crippen LogP contribution in [-0.2, 0) is 12.7 Å². The molecule has 21 heavy (non-hydrogen) atoms. The molecule has 0 aliphatic carbocycles. The summed E-state index contributed by atoms with van der Waals surface area (Å²) in [7, 11) is 0. The highest BCUT2D eigenvalue weighted by atomic mass is 32.2. The highest BCUT2D eigenvalue weighted by Gasteiger charge is 2.30. The molecule has 0 aliphatic rings. The van der Waals surface area contributed by atoms with E-state index in [4.69, 9.17) is 5.11 Å². The number of aromatic carboxylic acids is 1. The van der Waals surface area contributed by atoms with Gasteiger partial charge in [0.1, 0.15) is 0 Å². The van der Waals surface area contributed by atoms with E-state index in [9.17, 15) is 18.0 Å². The summed E-state index contributed by atoms with van der Waals surface area (Å²) in [5.41, 5.74) is -0.861. The monoisotopic (exact) mass is 317 g/mol. The maximum Gasteiger partial charge on any atom is 0.416 e. The molecule has 9 heteroatoms. The number of aromatic nitrogens is 3. The lowest BCUT2D eigenvalue weighted by atomic mass is 10.2. The maximum absolute atomic E-state index is 12.5. The van der Waals surface area contributed by atoms with E-state index in [-0.39, 0.29) is 5.69 Å². The number of alkyl halides is 3. The standard InChI is InChI=1S/C12H10F3N3O2S/c13-12(14,15)8-2-1-3-9(6-8)21-5-4-18-7-10(11(19)20)16-17-18/h1-3,6-7H,4-5H2,(H,19,20). The number of benzene rings is 1. The molecule has 0 atom stereocenters. The smallest absolute Gasteiger partial charge is 0.416 e. The Morgan fingerprint density at radius 2 is 2.14 bits per heavy atom. The van der Waals surface area contributed by atoms with Crippen molar-refractivity contribution in [3.8, 4) is 0 Å². The first kappa shape index (κ1) is 15.4. The van der Waals surface area contributed by atoms with E-state index in [1.165, 1.54) is 28.7 Å². The Balaban J connectivity index is 1.92. The number of aryl methyl sites for hydroxylation is 1. The quantitative estimate of drug-likeness (QED) is 0.859. The van der Waals surface area contributed by atoms with Gasteiger partial charge in [0.05, 0.1) is 18.3 Å². The van der Waals surface area contributed by atoms with Crippen LogP contribution in [0.5, 0.6) is 0 Å². The fourth-order valence-electron chi connectivity index (χ4n) is 1.52. The van der Waals surface area contributed by atoms with Crippen molar-refractivity contribution in [3.63, 3.8) is 0 Å². The summed E-state index contributed by atoms with van der Waals surface area (Å²) in [5.74, 6) is -0.726. The lowest BCUT2D eigenvalue weighted by Crippen LogP contribution is -2.05. The summed E-state index contributed by atoms with van der Waals surface area (Å²) in [6.45, 7) is 0.348. The first-order valence-electron chi connectivity index (χ1n) is 5.80. The number of carboxylic acid groups (broad SMARTS) is 1. The number of rotatable bonds is 5. The minimum absolute atomic E-state index is 0.168. The maximum atomic E-state index is 12.5.